The normalized spacial score (nSPS) is 13.6. The maximum Gasteiger partial charge on any atom is 0.480 e. The Morgan fingerprint density at radius 2 is 0.654 bits per heavy atom. The Bertz CT molecular complexity index is 1620. The highest BCUT2D eigenvalue weighted by Gasteiger charge is 2.48. The fourth-order valence-electron chi connectivity index (χ4n) is 3.34. The van der Waals surface area contributed by atoms with E-state index in [2.05, 4.69) is 69.8 Å². The Hall–Kier alpha value is -2.70. The minimum atomic E-state index is -6.72. The lowest BCUT2D eigenvalue weighted by atomic mass is 10.1. The summed E-state index contributed by atoms with van der Waals surface area (Å²) in [6.07, 6.45) is 23.8. The number of sulfonamides is 4. The van der Waals surface area contributed by atoms with Crippen molar-refractivity contribution in [1.29, 1.82) is 0 Å². The summed E-state index contributed by atoms with van der Waals surface area (Å²) in [5.74, 6) is 0. The van der Waals surface area contributed by atoms with Crippen LogP contribution < -0.4 is 9.13 Å². The molecular weight excluding hydrogens is 833 g/mol. The highest BCUT2D eigenvalue weighted by Crippen LogP contribution is 2.37. The number of halogens is 12. The zero-order chi connectivity index (χ0) is 41.0. The molecular formula is C22H32F12N6O8S4. The Balaban J connectivity index is 0.000000777. The van der Waals surface area contributed by atoms with Gasteiger partial charge < -0.3 is 8.25 Å². The van der Waals surface area contributed by atoms with Gasteiger partial charge in [-0.3, -0.25) is 0 Å². The Labute approximate surface area is 290 Å². The molecule has 0 aliphatic heterocycles. The van der Waals surface area contributed by atoms with Gasteiger partial charge >= 0.3 is 22.0 Å². The van der Waals surface area contributed by atoms with E-state index < -0.39 is 62.1 Å². The molecule has 0 spiro atoms. The Morgan fingerprint density at radius 3 is 0.827 bits per heavy atom. The number of rotatable bonds is 15. The minimum absolute atomic E-state index is 0.778. The van der Waals surface area contributed by atoms with Gasteiger partial charge in [-0.2, -0.15) is 52.7 Å². The Morgan fingerprint density at radius 1 is 0.442 bits per heavy atom. The van der Waals surface area contributed by atoms with Crippen molar-refractivity contribution in [2.24, 2.45) is 14.1 Å². The van der Waals surface area contributed by atoms with Gasteiger partial charge in [0.05, 0.1) is 27.2 Å². The number of hydrogen-bond donors (Lipinski definition) is 0. The van der Waals surface area contributed by atoms with E-state index in [1.807, 2.05) is 0 Å². The summed E-state index contributed by atoms with van der Waals surface area (Å²) in [6, 6.07) is 0. The number of alkyl halides is 12. The first-order chi connectivity index (χ1) is 23.2. The third kappa shape index (κ3) is 17.4. The molecule has 0 fully saturated rings. The molecule has 0 aliphatic carbocycles. The fraction of sp³-hybridized carbons (Fsp3) is 0.727. The first-order valence-electron chi connectivity index (χ1n) is 13.9. The molecule has 0 saturated heterocycles. The van der Waals surface area contributed by atoms with Gasteiger partial charge in [0.2, 0.25) is 12.7 Å². The SMILES string of the molecule is C[n+]1ccn(CCCCCCCCCCn2cc[n+](C)c2)c1.O=S(=O)([N-]S(=O)(=O)C(F)(F)F)C(F)(F)F.O=S(=O)([N-]S(=O)(=O)C(F)(F)F)C(F)(F)F. The smallest absolute Gasteiger partial charge is 0.421 e. The average molecular weight is 865 g/mol. The Kier molecular flexibility index (Phi) is 18.1. The third-order valence-corrected chi connectivity index (χ3v) is 11.3. The van der Waals surface area contributed by atoms with Crippen LogP contribution in [0.2, 0.25) is 0 Å². The van der Waals surface area contributed by atoms with Gasteiger partial charge in [0.1, 0.15) is 24.8 Å². The highest BCUT2D eigenvalue weighted by molar-refractivity contribution is 8.13. The van der Waals surface area contributed by atoms with Crippen molar-refractivity contribution in [3.05, 3.63) is 45.7 Å². The molecule has 2 aromatic heterocycles. The first kappa shape index (κ1) is 49.3. The van der Waals surface area contributed by atoms with E-state index in [1.165, 1.54) is 51.4 Å². The molecule has 0 bridgehead atoms. The van der Waals surface area contributed by atoms with E-state index in [1.54, 1.807) is 0 Å². The van der Waals surface area contributed by atoms with E-state index >= 15 is 0 Å². The predicted molar refractivity (Wildman–Crippen MR) is 155 cm³/mol. The summed E-state index contributed by atoms with van der Waals surface area (Å²) < 4.78 is 227. The molecule has 0 radical (unpaired) electrons. The molecule has 0 saturated carbocycles. The lowest BCUT2D eigenvalue weighted by Gasteiger charge is -2.22. The molecule has 0 unspecified atom stereocenters. The zero-order valence-corrected chi connectivity index (χ0v) is 29.9. The van der Waals surface area contributed by atoms with Gasteiger partial charge in [-0.15, -0.1) is 0 Å². The van der Waals surface area contributed by atoms with Gasteiger partial charge in [0.25, 0.3) is 0 Å². The summed E-state index contributed by atoms with van der Waals surface area (Å²) in [7, 11) is -22.7. The van der Waals surface area contributed by atoms with Crippen LogP contribution in [0.3, 0.4) is 0 Å². The summed E-state index contributed by atoms with van der Waals surface area (Å²) >= 11 is 0. The minimum Gasteiger partial charge on any atom is -0.421 e. The average Bonchev–Trinajstić information content (AvgIpc) is 3.54. The van der Waals surface area contributed by atoms with Crippen LogP contribution in [0.1, 0.15) is 51.4 Å². The predicted octanol–water partition coefficient (Wildman–Crippen LogP) is 4.88. The van der Waals surface area contributed by atoms with Crippen LogP contribution in [0.5, 0.6) is 0 Å². The second-order valence-electron chi connectivity index (χ2n) is 10.3. The van der Waals surface area contributed by atoms with Gasteiger partial charge in [-0.1, -0.05) is 25.7 Å². The quantitative estimate of drug-likeness (QED) is 0.138. The summed E-state index contributed by atoms with van der Waals surface area (Å²) in [6.45, 7) is 2.32. The van der Waals surface area contributed by atoms with Crippen molar-refractivity contribution in [1.82, 2.24) is 9.13 Å². The van der Waals surface area contributed by atoms with E-state index in [-0.39, 0.29) is 0 Å². The first-order valence-corrected chi connectivity index (χ1v) is 19.7. The monoisotopic (exact) mass is 864 g/mol. The summed E-state index contributed by atoms with van der Waals surface area (Å²) in [5.41, 5.74) is -24.8. The number of unbranched alkanes of at least 4 members (excludes halogenated alkanes) is 7. The molecule has 0 aliphatic rings. The molecule has 2 aromatic rings. The maximum atomic E-state index is 11.4. The van der Waals surface area contributed by atoms with Crippen molar-refractivity contribution in [3.8, 4) is 0 Å². The molecule has 0 atom stereocenters. The lowest BCUT2D eigenvalue weighted by molar-refractivity contribution is -0.671. The number of nitrogens with zero attached hydrogens (tertiary/aromatic N) is 6. The van der Waals surface area contributed by atoms with Crippen LogP contribution in [0.4, 0.5) is 52.7 Å². The van der Waals surface area contributed by atoms with Gasteiger partial charge in [0.15, 0.2) is 40.1 Å². The topological polar surface area (TPSA) is 182 Å². The van der Waals surface area contributed by atoms with Crippen molar-refractivity contribution in [2.45, 2.75) is 86.5 Å². The maximum absolute atomic E-state index is 11.4. The van der Waals surface area contributed by atoms with Crippen molar-refractivity contribution >= 4 is 40.1 Å². The molecule has 14 nitrogen and oxygen atoms in total. The van der Waals surface area contributed by atoms with E-state index in [4.69, 9.17) is 0 Å². The van der Waals surface area contributed by atoms with Crippen molar-refractivity contribution in [3.63, 3.8) is 0 Å². The summed E-state index contributed by atoms with van der Waals surface area (Å²) in [5, 5.41) is 0. The second kappa shape index (κ2) is 19.1. The van der Waals surface area contributed by atoms with Crippen LogP contribution >= 0.6 is 0 Å². The molecule has 2 rings (SSSR count). The molecule has 0 amide bonds. The lowest BCUT2D eigenvalue weighted by Crippen LogP contribution is -2.30. The number of aromatic nitrogens is 4. The molecule has 0 N–H and O–H groups in total. The fourth-order valence-corrected chi connectivity index (χ4v) is 6.76. The number of aryl methyl sites for hydroxylation is 4. The van der Waals surface area contributed by atoms with Crippen LogP contribution in [0, 0.1) is 0 Å². The van der Waals surface area contributed by atoms with Crippen LogP contribution in [-0.4, -0.2) is 64.8 Å². The molecule has 306 valence electrons. The second-order valence-corrected chi connectivity index (χ2v) is 17.1. The molecule has 52 heavy (non-hydrogen) atoms. The highest BCUT2D eigenvalue weighted by atomic mass is 32.3. The zero-order valence-electron chi connectivity index (χ0n) is 26.7. The van der Waals surface area contributed by atoms with Crippen molar-refractivity contribution < 1.29 is 95.5 Å². The number of imidazole rings is 2. The van der Waals surface area contributed by atoms with Gasteiger partial charge in [-0.25, -0.2) is 51.9 Å². The molecule has 30 heteroatoms. The van der Waals surface area contributed by atoms with Gasteiger partial charge in [0, 0.05) is 0 Å². The van der Waals surface area contributed by atoms with Crippen LogP contribution in [0.25, 0.3) is 8.25 Å². The summed E-state index contributed by atoms with van der Waals surface area (Å²) in [4.78, 5) is 0. The third-order valence-electron chi connectivity index (χ3n) is 5.79. The molecule has 2 heterocycles. The van der Waals surface area contributed by atoms with Crippen LogP contribution in [0.15, 0.2) is 37.4 Å². The van der Waals surface area contributed by atoms with Crippen molar-refractivity contribution in [2.75, 3.05) is 0 Å². The largest absolute Gasteiger partial charge is 0.480 e. The number of hydrogen-bond acceptors (Lipinski definition) is 8. The molecule has 0 aromatic carbocycles. The van der Waals surface area contributed by atoms with E-state index in [9.17, 15) is 86.4 Å². The van der Waals surface area contributed by atoms with Crippen LogP contribution in [-0.2, 0) is 67.3 Å². The standard InChI is InChI=1S/C18H32N4.2C2F6NO4S2/c1-19-13-15-21(17-19)11-9-7-5-3-4-6-8-10-12-22-16-14-20(2)18-22;2*3-1(4,5)14(10,11)9-15(12,13)2(6,7)8/h13-18H,3-12H2,1-2H3;;/q+2;2*-1. The van der Waals surface area contributed by atoms with Gasteiger partial charge in [-0.05, 0) is 25.7 Å². The van der Waals surface area contributed by atoms with E-state index in [0.717, 1.165) is 21.3 Å². The van der Waals surface area contributed by atoms with E-state index in [0.29, 0.717) is 0 Å².